The van der Waals surface area contributed by atoms with Gasteiger partial charge < -0.3 is 9.64 Å². The molecule has 120 valence electrons. The van der Waals surface area contributed by atoms with Gasteiger partial charge in [-0.25, -0.2) is 15.0 Å². The third-order valence-corrected chi connectivity index (χ3v) is 5.51. The molecule has 4 rings (SSSR count). The first kappa shape index (κ1) is 14.5. The Balaban J connectivity index is 1.86. The maximum atomic E-state index is 5.70. The predicted molar refractivity (Wildman–Crippen MR) is 88.8 cm³/mol. The van der Waals surface area contributed by atoms with Crippen LogP contribution in [0.5, 0.6) is 0 Å². The number of ether oxygens (including phenoxy) is 1. The second kappa shape index (κ2) is 5.54. The molecule has 8 heteroatoms. The maximum absolute atomic E-state index is 5.70. The van der Waals surface area contributed by atoms with Crippen LogP contribution < -0.4 is 4.90 Å². The molecule has 0 unspecified atom stereocenters. The molecule has 1 saturated heterocycles. The summed E-state index contributed by atoms with van der Waals surface area (Å²) < 4.78 is 7.50. The molecule has 1 aliphatic heterocycles. The Bertz CT molecular complexity index is 857. The highest BCUT2D eigenvalue weighted by molar-refractivity contribution is 7.18. The van der Waals surface area contributed by atoms with E-state index in [0.717, 1.165) is 28.4 Å². The van der Waals surface area contributed by atoms with Crippen molar-refractivity contribution in [3.8, 4) is 0 Å². The second-order valence-corrected chi connectivity index (χ2v) is 6.89. The minimum Gasteiger partial charge on any atom is -0.377 e. The molecule has 1 atom stereocenters. The molecule has 0 aromatic carbocycles. The first-order chi connectivity index (χ1) is 11.2. The molecule has 0 radical (unpaired) electrons. The standard InChI is InChI=1S/C15H18N6OS/c1-9-10(2)23-15-12(9)14(16-7-18-15)21-4-5-22-6-11(21)13-17-8-19-20(13)3/h7-8,11H,4-6H2,1-3H3/t11-/m0/s1. The number of fused-ring (bicyclic) bond motifs is 1. The molecule has 0 bridgehead atoms. The van der Waals surface area contributed by atoms with Gasteiger partial charge in [-0.2, -0.15) is 5.10 Å². The highest BCUT2D eigenvalue weighted by Crippen LogP contribution is 2.37. The smallest absolute Gasteiger partial charge is 0.151 e. The van der Waals surface area contributed by atoms with E-state index in [9.17, 15) is 0 Å². The Labute approximate surface area is 137 Å². The summed E-state index contributed by atoms with van der Waals surface area (Å²) in [6, 6.07) is 0.00829. The van der Waals surface area contributed by atoms with E-state index in [0.29, 0.717) is 13.2 Å². The lowest BCUT2D eigenvalue weighted by Crippen LogP contribution is -2.41. The van der Waals surface area contributed by atoms with Crippen LogP contribution in [0.15, 0.2) is 12.7 Å². The van der Waals surface area contributed by atoms with E-state index in [-0.39, 0.29) is 6.04 Å². The topological polar surface area (TPSA) is 69.0 Å². The quantitative estimate of drug-likeness (QED) is 0.716. The van der Waals surface area contributed by atoms with Gasteiger partial charge in [0.15, 0.2) is 5.82 Å². The Kier molecular flexibility index (Phi) is 3.50. The number of aromatic nitrogens is 5. The third kappa shape index (κ3) is 2.29. The zero-order valence-electron chi connectivity index (χ0n) is 13.4. The van der Waals surface area contributed by atoms with Gasteiger partial charge in [0.25, 0.3) is 0 Å². The van der Waals surface area contributed by atoms with Crippen LogP contribution in [-0.4, -0.2) is 44.5 Å². The summed E-state index contributed by atoms with van der Waals surface area (Å²) >= 11 is 1.72. The fraction of sp³-hybridized carbons (Fsp3) is 0.467. The Morgan fingerprint density at radius 1 is 1.22 bits per heavy atom. The number of nitrogens with zero attached hydrogens (tertiary/aromatic N) is 6. The van der Waals surface area contributed by atoms with Crippen molar-refractivity contribution in [2.75, 3.05) is 24.7 Å². The number of morpholine rings is 1. The average molecular weight is 330 g/mol. The number of hydrogen-bond donors (Lipinski definition) is 0. The Morgan fingerprint density at radius 2 is 2.09 bits per heavy atom. The van der Waals surface area contributed by atoms with Gasteiger partial charge in [-0.3, -0.25) is 4.68 Å². The molecule has 1 aliphatic rings. The zero-order valence-corrected chi connectivity index (χ0v) is 14.2. The summed E-state index contributed by atoms with van der Waals surface area (Å²) in [4.78, 5) is 18.0. The molecule has 3 aromatic heterocycles. The van der Waals surface area contributed by atoms with Crippen molar-refractivity contribution in [3.05, 3.63) is 28.9 Å². The molecule has 0 spiro atoms. The lowest BCUT2D eigenvalue weighted by atomic mass is 10.1. The fourth-order valence-electron chi connectivity index (χ4n) is 3.06. The van der Waals surface area contributed by atoms with E-state index in [1.807, 2.05) is 7.05 Å². The highest BCUT2D eigenvalue weighted by atomic mass is 32.1. The molecule has 0 amide bonds. The molecular weight excluding hydrogens is 312 g/mol. The van der Waals surface area contributed by atoms with E-state index >= 15 is 0 Å². The van der Waals surface area contributed by atoms with Gasteiger partial charge in [-0.15, -0.1) is 11.3 Å². The molecule has 0 aliphatic carbocycles. The van der Waals surface area contributed by atoms with Crippen molar-refractivity contribution in [2.45, 2.75) is 19.9 Å². The predicted octanol–water partition coefficient (Wildman–Crippen LogP) is 2.01. The van der Waals surface area contributed by atoms with Gasteiger partial charge in [-0.05, 0) is 19.4 Å². The summed E-state index contributed by atoms with van der Waals surface area (Å²) in [5, 5.41) is 5.34. The first-order valence-corrected chi connectivity index (χ1v) is 8.37. The zero-order chi connectivity index (χ0) is 16.0. The van der Waals surface area contributed by atoms with E-state index in [4.69, 9.17) is 4.74 Å². The van der Waals surface area contributed by atoms with Crippen LogP contribution in [0.2, 0.25) is 0 Å². The van der Waals surface area contributed by atoms with Gasteiger partial charge in [0.05, 0.1) is 18.6 Å². The van der Waals surface area contributed by atoms with Crippen molar-refractivity contribution >= 4 is 27.4 Å². The van der Waals surface area contributed by atoms with Gasteiger partial charge in [0, 0.05) is 18.5 Å². The summed E-state index contributed by atoms with van der Waals surface area (Å²) in [5.74, 6) is 1.86. The van der Waals surface area contributed by atoms with E-state index in [1.165, 1.54) is 10.4 Å². The highest BCUT2D eigenvalue weighted by Gasteiger charge is 2.31. The van der Waals surface area contributed by atoms with Crippen molar-refractivity contribution in [2.24, 2.45) is 7.05 Å². The Hall–Kier alpha value is -2.06. The van der Waals surface area contributed by atoms with E-state index in [2.05, 4.69) is 38.8 Å². The van der Waals surface area contributed by atoms with Crippen LogP contribution in [0.25, 0.3) is 10.2 Å². The summed E-state index contributed by atoms with van der Waals surface area (Å²) in [5.41, 5.74) is 1.25. The third-order valence-electron chi connectivity index (χ3n) is 4.39. The first-order valence-electron chi connectivity index (χ1n) is 7.55. The van der Waals surface area contributed by atoms with Crippen molar-refractivity contribution < 1.29 is 4.74 Å². The minimum atomic E-state index is 0.00829. The van der Waals surface area contributed by atoms with Crippen LogP contribution in [0.1, 0.15) is 22.3 Å². The minimum absolute atomic E-state index is 0.00829. The van der Waals surface area contributed by atoms with Crippen LogP contribution in [0, 0.1) is 13.8 Å². The van der Waals surface area contributed by atoms with Gasteiger partial charge in [0.2, 0.25) is 0 Å². The Morgan fingerprint density at radius 3 is 2.87 bits per heavy atom. The summed E-state index contributed by atoms with van der Waals surface area (Å²) in [7, 11) is 1.91. The maximum Gasteiger partial charge on any atom is 0.151 e. The average Bonchev–Trinajstić information content (AvgIpc) is 3.11. The summed E-state index contributed by atoms with van der Waals surface area (Å²) in [6.45, 7) is 6.31. The van der Waals surface area contributed by atoms with Crippen molar-refractivity contribution in [1.29, 1.82) is 0 Å². The number of anilines is 1. The largest absolute Gasteiger partial charge is 0.377 e. The molecule has 3 aromatic rings. The molecule has 23 heavy (non-hydrogen) atoms. The molecule has 7 nitrogen and oxygen atoms in total. The molecule has 0 N–H and O–H groups in total. The van der Waals surface area contributed by atoms with Gasteiger partial charge >= 0.3 is 0 Å². The van der Waals surface area contributed by atoms with Crippen LogP contribution in [0.3, 0.4) is 0 Å². The monoisotopic (exact) mass is 330 g/mol. The fourth-order valence-corrected chi connectivity index (χ4v) is 4.05. The number of thiophene rings is 1. The van der Waals surface area contributed by atoms with E-state index in [1.54, 1.807) is 28.7 Å². The summed E-state index contributed by atoms with van der Waals surface area (Å²) in [6.07, 6.45) is 3.23. The van der Waals surface area contributed by atoms with Crippen molar-refractivity contribution in [3.63, 3.8) is 0 Å². The lowest BCUT2D eigenvalue weighted by molar-refractivity contribution is 0.0904. The van der Waals surface area contributed by atoms with Gasteiger partial charge in [-0.1, -0.05) is 0 Å². The molecular formula is C15H18N6OS. The molecule has 1 fully saturated rings. The van der Waals surface area contributed by atoms with Crippen LogP contribution in [0.4, 0.5) is 5.82 Å². The molecule has 0 saturated carbocycles. The number of hydrogen-bond acceptors (Lipinski definition) is 7. The van der Waals surface area contributed by atoms with Crippen molar-refractivity contribution in [1.82, 2.24) is 24.7 Å². The second-order valence-electron chi connectivity index (χ2n) is 5.69. The molecule has 4 heterocycles. The van der Waals surface area contributed by atoms with Crippen LogP contribution in [-0.2, 0) is 11.8 Å². The SMILES string of the molecule is Cc1sc2ncnc(N3CCOC[C@H]3c3ncnn3C)c2c1C. The lowest BCUT2D eigenvalue weighted by Gasteiger charge is -2.36. The van der Waals surface area contributed by atoms with Crippen LogP contribution >= 0.6 is 11.3 Å². The number of aryl methyl sites for hydroxylation is 3. The van der Waals surface area contributed by atoms with Gasteiger partial charge in [0.1, 0.15) is 29.3 Å². The number of rotatable bonds is 2. The van der Waals surface area contributed by atoms with E-state index < -0.39 is 0 Å². The normalized spacial score (nSPS) is 18.7.